The first kappa shape index (κ1) is 10.7. The van der Waals surface area contributed by atoms with E-state index in [1.807, 2.05) is 18.2 Å². The number of nitrogens with two attached hydrogens (primary N) is 1. The molecule has 0 radical (unpaired) electrons. The third-order valence-corrected chi connectivity index (χ3v) is 1.98. The largest absolute Gasteiger partial charge is 0.366 e. The number of benzene rings is 1. The summed E-state index contributed by atoms with van der Waals surface area (Å²) in [6.45, 7) is 4.80. The standard InChI is InChI=1S/C11H16N2O/c1-8(2)13-7-9-5-3-4-6-10(9)11(12)14/h3-6,8,13H,7H2,1-2H3,(H2,12,14). The van der Waals surface area contributed by atoms with Gasteiger partial charge in [-0.15, -0.1) is 0 Å². The van der Waals surface area contributed by atoms with Crippen LogP contribution in [-0.4, -0.2) is 11.9 Å². The number of carbonyl (C=O) groups is 1. The smallest absolute Gasteiger partial charge is 0.249 e. The van der Waals surface area contributed by atoms with Gasteiger partial charge in [-0.05, 0) is 11.6 Å². The van der Waals surface area contributed by atoms with E-state index in [-0.39, 0.29) is 5.91 Å². The summed E-state index contributed by atoms with van der Waals surface area (Å²) in [5.74, 6) is -0.369. The number of carbonyl (C=O) groups excluding carboxylic acids is 1. The Bertz CT molecular complexity index is 321. The Morgan fingerprint density at radius 1 is 1.43 bits per heavy atom. The van der Waals surface area contributed by atoms with E-state index < -0.39 is 0 Å². The topological polar surface area (TPSA) is 55.1 Å². The fraction of sp³-hybridized carbons (Fsp3) is 0.364. The van der Waals surface area contributed by atoms with Crippen LogP contribution in [0.15, 0.2) is 24.3 Å². The van der Waals surface area contributed by atoms with E-state index >= 15 is 0 Å². The number of hydrogen-bond donors (Lipinski definition) is 2. The first-order chi connectivity index (χ1) is 6.61. The van der Waals surface area contributed by atoms with Gasteiger partial charge >= 0.3 is 0 Å². The zero-order valence-electron chi connectivity index (χ0n) is 8.58. The number of hydrogen-bond acceptors (Lipinski definition) is 2. The second-order valence-corrected chi connectivity index (χ2v) is 3.56. The van der Waals surface area contributed by atoms with Gasteiger partial charge in [-0.3, -0.25) is 4.79 Å². The van der Waals surface area contributed by atoms with Crippen LogP contribution in [0.5, 0.6) is 0 Å². The van der Waals surface area contributed by atoms with Crippen molar-refractivity contribution in [3.8, 4) is 0 Å². The van der Waals surface area contributed by atoms with Crippen molar-refractivity contribution in [3.63, 3.8) is 0 Å². The summed E-state index contributed by atoms with van der Waals surface area (Å²) in [5.41, 5.74) is 6.80. The lowest BCUT2D eigenvalue weighted by atomic mass is 10.1. The molecule has 0 heterocycles. The molecule has 0 fully saturated rings. The van der Waals surface area contributed by atoms with Gasteiger partial charge in [0.1, 0.15) is 0 Å². The highest BCUT2D eigenvalue weighted by Gasteiger charge is 2.06. The van der Waals surface area contributed by atoms with Crippen LogP contribution in [0.4, 0.5) is 0 Å². The van der Waals surface area contributed by atoms with Gasteiger partial charge in [0, 0.05) is 18.2 Å². The molecule has 0 saturated carbocycles. The molecule has 0 aliphatic rings. The van der Waals surface area contributed by atoms with Crippen molar-refractivity contribution >= 4 is 5.91 Å². The minimum Gasteiger partial charge on any atom is -0.366 e. The van der Waals surface area contributed by atoms with Gasteiger partial charge in [-0.1, -0.05) is 32.0 Å². The van der Waals surface area contributed by atoms with Crippen molar-refractivity contribution < 1.29 is 4.79 Å². The molecule has 3 heteroatoms. The molecule has 0 aliphatic carbocycles. The average Bonchev–Trinajstić information content (AvgIpc) is 2.15. The lowest BCUT2D eigenvalue weighted by Gasteiger charge is -2.10. The maximum absolute atomic E-state index is 11.1. The predicted molar refractivity (Wildman–Crippen MR) is 56.9 cm³/mol. The quantitative estimate of drug-likeness (QED) is 0.755. The van der Waals surface area contributed by atoms with E-state index in [9.17, 15) is 4.79 Å². The number of nitrogens with one attached hydrogen (secondary N) is 1. The monoisotopic (exact) mass is 192 g/mol. The minimum absolute atomic E-state index is 0.369. The Labute approximate surface area is 84.3 Å². The zero-order chi connectivity index (χ0) is 10.6. The molecule has 0 spiro atoms. The Kier molecular flexibility index (Phi) is 3.65. The zero-order valence-corrected chi connectivity index (χ0v) is 8.58. The van der Waals surface area contributed by atoms with Crippen LogP contribution < -0.4 is 11.1 Å². The van der Waals surface area contributed by atoms with Gasteiger partial charge < -0.3 is 11.1 Å². The lowest BCUT2D eigenvalue weighted by molar-refractivity contribution is 0.0999. The van der Waals surface area contributed by atoms with Crippen LogP contribution in [0.1, 0.15) is 29.8 Å². The van der Waals surface area contributed by atoms with E-state index in [1.54, 1.807) is 6.07 Å². The van der Waals surface area contributed by atoms with Crippen LogP contribution in [0.3, 0.4) is 0 Å². The van der Waals surface area contributed by atoms with Crippen LogP contribution in [0.2, 0.25) is 0 Å². The molecular formula is C11H16N2O. The average molecular weight is 192 g/mol. The number of amides is 1. The van der Waals surface area contributed by atoms with Crippen LogP contribution in [0.25, 0.3) is 0 Å². The highest BCUT2D eigenvalue weighted by Crippen LogP contribution is 2.07. The lowest BCUT2D eigenvalue weighted by Crippen LogP contribution is -2.24. The fourth-order valence-electron chi connectivity index (χ4n) is 1.23. The summed E-state index contributed by atoms with van der Waals surface area (Å²) < 4.78 is 0. The molecule has 3 nitrogen and oxygen atoms in total. The Morgan fingerprint density at radius 2 is 2.07 bits per heavy atom. The highest BCUT2D eigenvalue weighted by atomic mass is 16.1. The van der Waals surface area contributed by atoms with Gasteiger partial charge in [0.05, 0.1) is 0 Å². The summed E-state index contributed by atoms with van der Waals surface area (Å²) in [6, 6.07) is 7.79. The first-order valence-electron chi connectivity index (χ1n) is 4.72. The Balaban J connectivity index is 2.79. The number of primary amides is 1. The predicted octanol–water partition coefficient (Wildman–Crippen LogP) is 1.28. The maximum Gasteiger partial charge on any atom is 0.249 e. The third kappa shape index (κ3) is 2.85. The molecule has 0 aromatic heterocycles. The first-order valence-corrected chi connectivity index (χ1v) is 4.72. The molecule has 3 N–H and O–H groups in total. The molecule has 1 amide bonds. The second kappa shape index (κ2) is 4.77. The van der Waals surface area contributed by atoms with Gasteiger partial charge in [0.25, 0.3) is 0 Å². The molecule has 76 valence electrons. The van der Waals surface area contributed by atoms with Gasteiger partial charge in [0.15, 0.2) is 0 Å². The van der Waals surface area contributed by atoms with Crippen molar-refractivity contribution in [2.75, 3.05) is 0 Å². The van der Waals surface area contributed by atoms with Crippen LogP contribution >= 0.6 is 0 Å². The molecule has 0 atom stereocenters. The Hall–Kier alpha value is -1.35. The normalized spacial score (nSPS) is 10.5. The van der Waals surface area contributed by atoms with Crippen LogP contribution in [0, 0.1) is 0 Å². The van der Waals surface area contributed by atoms with E-state index in [0.717, 1.165) is 5.56 Å². The molecule has 1 aromatic carbocycles. The van der Waals surface area contributed by atoms with Crippen molar-refractivity contribution in [1.29, 1.82) is 0 Å². The maximum atomic E-state index is 11.1. The second-order valence-electron chi connectivity index (χ2n) is 3.56. The molecule has 0 saturated heterocycles. The molecule has 14 heavy (non-hydrogen) atoms. The Morgan fingerprint density at radius 3 is 2.64 bits per heavy atom. The third-order valence-electron chi connectivity index (χ3n) is 1.98. The highest BCUT2D eigenvalue weighted by molar-refractivity contribution is 5.94. The van der Waals surface area contributed by atoms with Crippen molar-refractivity contribution in [1.82, 2.24) is 5.32 Å². The molecule has 1 rings (SSSR count). The van der Waals surface area contributed by atoms with Crippen molar-refractivity contribution in [2.45, 2.75) is 26.4 Å². The van der Waals surface area contributed by atoms with Gasteiger partial charge in [-0.2, -0.15) is 0 Å². The fourth-order valence-corrected chi connectivity index (χ4v) is 1.23. The summed E-state index contributed by atoms with van der Waals surface area (Å²) in [5, 5.41) is 3.25. The summed E-state index contributed by atoms with van der Waals surface area (Å²) in [6.07, 6.45) is 0. The van der Waals surface area contributed by atoms with E-state index in [2.05, 4.69) is 19.2 Å². The molecular weight excluding hydrogens is 176 g/mol. The molecule has 0 unspecified atom stereocenters. The van der Waals surface area contributed by atoms with E-state index in [4.69, 9.17) is 5.73 Å². The minimum atomic E-state index is -0.369. The summed E-state index contributed by atoms with van der Waals surface area (Å²) >= 11 is 0. The van der Waals surface area contributed by atoms with Gasteiger partial charge in [0.2, 0.25) is 5.91 Å². The van der Waals surface area contributed by atoms with Crippen LogP contribution in [-0.2, 0) is 6.54 Å². The van der Waals surface area contributed by atoms with E-state index in [0.29, 0.717) is 18.2 Å². The van der Waals surface area contributed by atoms with E-state index in [1.165, 1.54) is 0 Å². The molecule has 0 bridgehead atoms. The molecule has 0 aliphatic heterocycles. The number of rotatable bonds is 4. The summed E-state index contributed by atoms with van der Waals surface area (Å²) in [7, 11) is 0. The molecule has 1 aromatic rings. The summed E-state index contributed by atoms with van der Waals surface area (Å²) in [4.78, 5) is 11.1. The SMILES string of the molecule is CC(C)NCc1ccccc1C(N)=O. The van der Waals surface area contributed by atoms with Crippen molar-refractivity contribution in [3.05, 3.63) is 35.4 Å². The van der Waals surface area contributed by atoms with Crippen molar-refractivity contribution in [2.24, 2.45) is 5.73 Å². The van der Waals surface area contributed by atoms with Gasteiger partial charge in [-0.25, -0.2) is 0 Å².